The van der Waals surface area contributed by atoms with Crippen LogP contribution < -0.4 is 10.4 Å². The normalized spacial score (nSPS) is 28.7. The van der Waals surface area contributed by atoms with Gasteiger partial charge in [0.2, 0.25) is 0 Å². The number of carbonyl (C=O) groups excluding carboxylic acids is 1. The van der Waals surface area contributed by atoms with Gasteiger partial charge < -0.3 is 23.4 Å². The summed E-state index contributed by atoms with van der Waals surface area (Å²) in [6.45, 7) is 13.2. The summed E-state index contributed by atoms with van der Waals surface area (Å²) in [7, 11) is 1.03. The van der Waals surface area contributed by atoms with Gasteiger partial charge >= 0.3 is 7.12 Å². The van der Waals surface area contributed by atoms with E-state index in [-0.39, 0.29) is 5.91 Å². The van der Waals surface area contributed by atoms with Crippen molar-refractivity contribution in [1.29, 1.82) is 0 Å². The van der Waals surface area contributed by atoms with Crippen LogP contribution in [0.15, 0.2) is 16.5 Å². The lowest BCUT2D eigenvalue weighted by Crippen LogP contribution is -2.41. The van der Waals surface area contributed by atoms with E-state index >= 15 is 0 Å². The van der Waals surface area contributed by atoms with Gasteiger partial charge in [-0.1, -0.05) is 6.92 Å². The molecule has 1 amide bonds. The first-order chi connectivity index (χ1) is 14.5. The van der Waals surface area contributed by atoms with E-state index in [1.165, 1.54) is 6.42 Å². The Morgan fingerprint density at radius 3 is 2.39 bits per heavy atom. The molecule has 166 valence electrons. The van der Waals surface area contributed by atoms with Crippen molar-refractivity contribution < 1.29 is 23.3 Å². The maximum absolute atomic E-state index is 13.4. The minimum absolute atomic E-state index is 0.0606. The molecule has 3 unspecified atom stereocenters. The van der Waals surface area contributed by atoms with E-state index in [0.29, 0.717) is 40.4 Å². The van der Waals surface area contributed by atoms with Crippen LogP contribution in [0.2, 0.25) is 0 Å². The summed E-state index contributed by atoms with van der Waals surface area (Å²) in [6, 6.07) is 4.04. The molecule has 1 aromatic carbocycles. The van der Waals surface area contributed by atoms with E-state index in [1.54, 1.807) is 7.11 Å². The van der Waals surface area contributed by atoms with Crippen LogP contribution in [0.4, 0.5) is 0 Å². The molecule has 7 heteroatoms. The highest BCUT2D eigenvalue weighted by atomic mass is 16.7. The fraction of sp³-hybridized carbons (Fsp3) is 0.625. The molecule has 3 aliphatic rings. The molecular formula is C24H32BNO5. The zero-order valence-corrected chi connectivity index (χ0v) is 19.6. The summed E-state index contributed by atoms with van der Waals surface area (Å²) < 4.78 is 24.4. The Morgan fingerprint density at radius 1 is 1.16 bits per heavy atom. The molecule has 3 fully saturated rings. The Hall–Kier alpha value is -1.99. The van der Waals surface area contributed by atoms with Gasteiger partial charge in [0.1, 0.15) is 17.0 Å². The molecule has 31 heavy (non-hydrogen) atoms. The highest BCUT2D eigenvalue weighted by molar-refractivity contribution is 6.61. The Labute approximate surface area is 184 Å². The van der Waals surface area contributed by atoms with Gasteiger partial charge in [-0.05, 0) is 77.0 Å². The number of likely N-dealkylation sites (tertiary alicyclic amines) is 1. The third-order valence-electron chi connectivity index (χ3n) is 8.24. The Kier molecular flexibility index (Phi) is 4.55. The number of benzene rings is 1. The highest BCUT2D eigenvalue weighted by Crippen LogP contribution is 2.44. The van der Waals surface area contributed by atoms with E-state index in [9.17, 15) is 4.79 Å². The average Bonchev–Trinajstić information content (AvgIpc) is 3.40. The minimum Gasteiger partial charge on any atom is -0.496 e. The van der Waals surface area contributed by atoms with Crippen molar-refractivity contribution in [2.24, 2.45) is 11.8 Å². The van der Waals surface area contributed by atoms with Crippen LogP contribution in [0.1, 0.15) is 63.4 Å². The fourth-order valence-electron chi connectivity index (χ4n) is 5.53. The molecule has 0 radical (unpaired) electrons. The standard InChI is InChI=1S/C24H32BNO5/c1-13-15-8-9-17(13)26(12-15)22(27)16-10-18(28-7)20-14(2)21(29-19(20)11-16)25-30-23(3,4)24(5,6)31-25/h10-11,13,15,17H,8-9,12H2,1-7H3. The van der Waals surface area contributed by atoms with Crippen molar-refractivity contribution in [3.63, 3.8) is 0 Å². The molecule has 6 nitrogen and oxygen atoms in total. The molecule has 3 heterocycles. The molecule has 2 saturated heterocycles. The van der Waals surface area contributed by atoms with Gasteiger partial charge in [0.15, 0.2) is 0 Å². The third kappa shape index (κ3) is 2.96. The number of nitrogens with zero attached hydrogens (tertiary/aromatic N) is 1. The van der Waals surface area contributed by atoms with Gasteiger partial charge in [0.25, 0.3) is 5.91 Å². The summed E-state index contributed by atoms with van der Waals surface area (Å²) >= 11 is 0. The number of carbonyl (C=O) groups is 1. The van der Waals surface area contributed by atoms with Crippen molar-refractivity contribution in [1.82, 2.24) is 4.90 Å². The molecule has 1 saturated carbocycles. The number of ether oxygens (including phenoxy) is 1. The molecule has 0 N–H and O–H groups in total. The first-order valence-corrected chi connectivity index (χ1v) is 11.3. The van der Waals surface area contributed by atoms with E-state index < -0.39 is 18.3 Å². The van der Waals surface area contributed by atoms with Gasteiger partial charge in [0, 0.05) is 18.2 Å². The topological polar surface area (TPSA) is 61.1 Å². The molecular weight excluding hydrogens is 393 g/mol. The van der Waals surface area contributed by atoms with Crippen LogP contribution in [-0.2, 0) is 9.31 Å². The van der Waals surface area contributed by atoms with Crippen LogP contribution >= 0.6 is 0 Å². The van der Waals surface area contributed by atoms with Crippen molar-refractivity contribution in [2.45, 2.75) is 71.6 Å². The fourth-order valence-corrected chi connectivity index (χ4v) is 5.53. The summed E-state index contributed by atoms with van der Waals surface area (Å²) in [5.74, 6) is 1.91. The predicted molar refractivity (Wildman–Crippen MR) is 120 cm³/mol. The number of aryl methyl sites for hydroxylation is 1. The van der Waals surface area contributed by atoms with Crippen molar-refractivity contribution in [2.75, 3.05) is 13.7 Å². The van der Waals surface area contributed by atoms with Gasteiger partial charge in [-0.3, -0.25) is 4.79 Å². The second-order valence-electron chi connectivity index (χ2n) is 10.5. The molecule has 2 aromatic rings. The van der Waals surface area contributed by atoms with E-state index in [2.05, 4.69) is 6.92 Å². The van der Waals surface area contributed by atoms with Crippen LogP contribution in [-0.4, -0.2) is 48.8 Å². The minimum atomic E-state index is -0.601. The highest BCUT2D eigenvalue weighted by Gasteiger charge is 2.54. The van der Waals surface area contributed by atoms with Crippen molar-refractivity contribution in [3.05, 3.63) is 23.3 Å². The molecule has 1 aliphatic carbocycles. The number of piperidine rings is 1. The van der Waals surface area contributed by atoms with E-state index in [1.807, 2.05) is 51.7 Å². The first kappa shape index (κ1) is 20.9. The first-order valence-electron chi connectivity index (χ1n) is 11.3. The maximum Gasteiger partial charge on any atom is 0.533 e. The monoisotopic (exact) mass is 425 g/mol. The number of hydrogen-bond acceptors (Lipinski definition) is 5. The molecule has 3 atom stereocenters. The summed E-state index contributed by atoms with van der Waals surface area (Å²) in [5, 5.41) is 0.861. The lowest BCUT2D eigenvalue weighted by atomic mass is 9.83. The number of rotatable bonds is 3. The zero-order valence-electron chi connectivity index (χ0n) is 19.6. The number of methoxy groups -OCH3 is 1. The second kappa shape index (κ2) is 6.76. The van der Waals surface area contributed by atoms with Gasteiger partial charge in [-0.2, -0.15) is 0 Å². The van der Waals surface area contributed by atoms with Crippen LogP contribution in [0.25, 0.3) is 11.0 Å². The van der Waals surface area contributed by atoms with Gasteiger partial charge in [-0.25, -0.2) is 0 Å². The van der Waals surface area contributed by atoms with Crippen LogP contribution in [0.5, 0.6) is 5.75 Å². The van der Waals surface area contributed by atoms with Gasteiger partial charge in [-0.15, -0.1) is 0 Å². The third-order valence-corrected chi connectivity index (χ3v) is 8.24. The number of furan rings is 1. The Balaban J connectivity index is 1.53. The summed E-state index contributed by atoms with van der Waals surface area (Å²) in [5.41, 5.74) is 1.87. The van der Waals surface area contributed by atoms with E-state index in [4.69, 9.17) is 18.5 Å². The number of fused-ring (bicyclic) bond motifs is 3. The van der Waals surface area contributed by atoms with Crippen molar-refractivity contribution in [3.8, 4) is 5.75 Å². The Bertz CT molecular complexity index is 1040. The lowest BCUT2D eigenvalue weighted by molar-refractivity contribution is 0.00578. The molecule has 1 aromatic heterocycles. The average molecular weight is 425 g/mol. The van der Waals surface area contributed by atoms with Crippen molar-refractivity contribution >= 4 is 29.7 Å². The van der Waals surface area contributed by atoms with Gasteiger partial charge in [0.05, 0.1) is 23.7 Å². The molecule has 2 bridgehead atoms. The number of hydrogen-bond donors (Lipinski definition) is 0. The summed E-state index contributed by atoms with van der Waals surface area (Å²) in [4.78, 5) is 15.4. The van der Waals surface area contributed by atoms with Crippen LogP contribution in [0.3, 0.4) is 0 Å². The largest absolute Gasteiger partial charge is 0.533 e. The molecule has 0 spiro atoms. The van der Waals surface area contributed by atoms with E-state index in [0.717, 1.165) is 23.9 Å². The zero-order chi connectivity index (χ0) is 22.3. The number of amides is 1. The maximum atomic E-state index is 13.4. The molecule has 5 rings (SSSR count). The lowest BCUT2D eigenvalue weighted by Gasteiger charge is -2.32. The summed E-state index contributed by atoms with van der Waals surface area (Å²) in [6.07, 6.45) is 2.33. The second-order valence-corrected chi connectivity index (χ2v) is 10.5. The predicted octanol–water partition coefficient (Wildman–Crippen LogP) is 3.92. The smallest absolute Gasteiger partial charge is 0.496 e. The SMILES string of the molecule is COc1cc(C(=O)N2CC3CCC2C3C)cc2oc(B3OC(C)(C)C(C)(C)O3)c(C)c12. The van der Waals surface area contributed by atoms with Crippen LogP contribution in [0, 0.1) is 18.8 Å². The Morgan fingerprint density at radius 2 is 1.84 bits per heavy atom. The molecule has 2 aliphatic heterocycles. The quantitative estimate of drug-likeness (QED) is 0.698.